The number of rotatable bonds is 5. The minimum Gasteiger partial charge on any atom is -0.311 e. The SMILES string of the molecule is CC(C)NCC=Cc1ccc(-c2ccc(F)cc2)s1. The molecule has 0 aliphatic heterocycles. The first-order valence-electron chi connectivity index (χ1n) is 6.41. The maximum atomic E-state index is 12.9. The summed E-state index contributed by atoms with van der Waals surface area (Å²) in [7, 11) is 0. The lowest BCUT2D eigenvalue weighted by Gasteiger charge is -2.02. The predicted molar refractivity (Wildman–Crippen MR) is 81.9 cm³/mol. The lowest BCUT2D eigenvalue weighted by molar-refractivity contribution is 0.628. The van der Waals surface area contributed by atoms with Crippen molar-refractivity contribution in [3.63, 3.8) is 0 Å². The summed E-state index contributed by atoms with van der Waals surface area (Å²) in [6.07, 6.45) is 4.24. The van der Waals surface area contributed by atoms with E-state index in [1.807, 2.05) is 12.1 Å². The normalized spacial score (nSPS) is 11.6. The van der Waals surface area contributed by atoms with E-state index in [2.05, 4.69) is 43.4 Å². The van der Waals surface area contributed by atoms with E-state index in [-0.39, 0.29) is 5.82 Å². The molecule has 1 heterocycles. The molecule has 0 saturated carbocycles. The first-order valence-corrected chi connectivity index (χ1v) is 7.22. The molecule has 1 aromatic carbocycles. The first kappa shape index (κ1) is 14.0. The molecule has 0 saturated heterocycles. The van der Waals surface area contributed by atoms with Gasteiger partial charge in [0.05, 0.1) is 0 Å². The Balaban J connectivity index is 2.01. The van der Waals surface area contributed by atoms with Crippen LogP contribution in [-0.2, 0) is 0 Å². The Hall–Kier alpha value is -1.45. The van der Waals surface area contributed by atoms with Crippen molar-refractivity contribution in [1.29, 1.82) is 0 Å². The lowest BCUT2D eigenvalue weighted by Crippen LogP contribution is -2.22. The highest BCUT2D eigenvalue weighted by atomic mass is 32.1. The van der Waals surface area contributed by atoms with Gasteiger partial charge in [0.1, 0.15) is 5.82 Å². The molecule has 0 atom stereocenters. The van der Waals surface area contributed by atoms with Crippen molar-refractivity contribution in [3.8, 4) is 10.4 Å². The molecule has 0 spiro atoms. The number of halogens is 1. The first-order chi connectivity index (χ1) is 9.15. The van der Waals surface area contributed by atoms with Crippen LogP contribution in [0.2, 0.25) is 0 Å². The Morgan fingerprint density at radius 3 is 2.58 bits per heavy atom. The van der Waals surface area contributed by atoms with Crippen molar-refractivity contribution in [1.82, 2.24) is 5.32 Å². The summed E-state index contributed by atoms with van der Waals surface area (Å²) in [4.78, 5) is 2.38. The molecule has 0 bridgehead atoms. The summed E-state index contributed by atoms with van der Waals surface area (Å²) in [5.41, 5.74) is 1.06. The van der Waals surface area contributed by atoms with Gasteiger partial charge in [-0.15, -0.1) is 11.3 Å². The molecular formula is C16H18FNS. The predicted octanol–water partition coefficient (Wildman–Crippen LogP) is 4.57. The standard InChI is InChI=1S/C16H18FNS/c1-12(2)18-11-3-4-15-9-10-16(19-15)13-5-7-14(17)8-6-13/h3-10,12,18H,11H2,1-2H3. The molecule has 2 rings (SSSR count). The molecule has 19 heavy (non-hydrogen) atoms. The zero-order valence-corrected chi connectivity index (χ0v) is 12.0. The lowest BCUT2D eigenvalue weighted by atomic mass is 10.2. The van der Waals surface area contributed by atoms with Crippen molar-refractivity contribution < 1.29 is 4.39 Å². The third-order valence-electron chi connectivity index (χ3n) is 2.68. The number of benzene rings is 1. The Morgan fingerprint density at radius 2 is 1.89 bits per heavy atom. The zero-order valence-electron chi connectivity index (χ0n) is 11.2. The van der Waals surface area contributed by atoms with Crippen LogP contribution in [0.3, 0.4) is 0 Å². The highest BCUT2D eigenvalue weighted by molar-refractivity contribution is 7.16. The van der Waals surface area contributed by atoms with E-state index in [1.165, 1.54) is 17.0 Å². The highest BCUT2D eigenvalue weighted by Crippen LogP contribution is 2.28. The maximum Gasteiger partial charge on any atom is 0.123 e. The molecule has 1 nitrogen and oxygen atoms in total. The average Bonchev–Trinajstić information content (AvgIpc) is 2.84. The summed E-state index contributed by atoms with van der Waals surface area (Å²) in [5.74, 6) is -0.194. The Bertz CT molecular complexity index is 540. The molecule has 0 fully saturated rings. The fourth-order valence-electron chi connectivity index (χ4n) is 1.69. The van der Waals surface area contributed by atoms with E-state index < -0.39 is 0 Å². The van der Waals surface area contributed by atoms with E-state index in [4.69, 9.17) is 0 Å². The number of hydrogen-bond donors (Lipinski definition) is 1. The fraction of sp³-hybridized carbons (Fsp3) is 0.250. The van der Waals surface area contributed by atoms with Gasteiger partial charge in [-0.3, -0.25) is 0 Å². The van der Waals surface area contributed by atoms with Crippen LogP contribution >= 0.6 is 11.3 Å². The minimum atomic E-state index is -0.194. The van der Waals surface area contributed by atoms with Crippen LogP contribution in [0.5, 0.6) is 0 Å². The average molecular weight is 275 g/mol. The van der Waals surface area contributed by atoms with E-state index >= 15 is 0 Å². The molecule has 100 valence electrons. The molecule has 0 unspecified atom stereocenters. The van der Waals surface area contributed by atoms with Gasteiger partial charge in [-0.1, -0.05) is 32.1 Å². The molecule has 2 aromatic rings. The second-order valence-corrected chi connectivity index (χ2v) is 5.79. The van der Waals surface area contributed by atoms with Gasteiger partial charge in [0.15, 0.2) is 0 Å². The van der Waals surface area contributed by atoms with Crippen molar-refractivity contribution in [2.24, 2.45) is 0 Å². The van der Waals surface area contributed by atoms with Crippen LogP contribution in [0.15, 0.2) is 42.5 Å². The third-order valence-corrected chi connectivity index (χ3v) is 3.78. The van der Waals surface area contributed by atoms with Crippen molar-refractivity contribution in [2.75, 3.05) is 6.54 Å². The van der Waals surface area contributed by atoms with Gasteiger partial charge in [-0.2, -0.15) is 0 Å². The quantitative estimate of drug-likeness (QED) is 0.843. The van der Waals surface area contributed by atoms with Gasteiger partial charge in [0, 0.05) is 22.3 Å². The maximum absolute atomic E-state index is 12.9. The molecule has 0 radical (unpaired) electrons. The van der Waals surface area contributed by atoms with Crippen LogP contribution in [0.25, 0.3) is 16.5 Å². The molecule has 0 aliphatic carbocycles. The molecular weight excluding hydrogens is 257 g/mol. The summed E-state index contributed by atoms with van der Waals surface area (Å²) < 4.78 is 12.9. The van der Waals surface area contributed by atoms with Gasteiger partial charge < -0.3 is 5.32 Å². The van der Waals surface area contributed by atoms with E-state index in [1.54, 1.807) is 11.3 Å². The second kappa shape index (κ2) is 6.64. The van der Waals surface area contributed by atoms with Crippen molar-refractivity contribution in [2.45, 2.75) is 19.9 Å². The van der Waals surface area contributed by atoms with Crippen LogP contribution in [0.1, 0.15) is 18.7 Å². The smallest absolute Gasteiger partial charge is 0.123 e. The van der Waals surface area contributed by atoms with E-state index in [0.717, 1.165) is 17.0 Å². The summed E-state index contributed by atoms with van der Waals surface area (Å²) >= 11 is 1.71. The summed E-state index contributed by atoms with van der Waals surface area (Å²) in [6.45, 7) is 5.14. The fourth-order valence-corrected chi connectivity index (χ4v) is 2.63. The Kier molecular flexibility index (Phi) is 4.88. The topological polar surface area (TPSA) is 12.0 Å². The Labute approximate surface area is 117 Å². The van der Waals surface area contributed by atoms with Gasteiger partial charge in [-0.05, 0) is 35.9 Å². The van der Waals surface area contributed by atoms with Gasteiger partial charge in [0.2, 0.25) is 0 Å². The van der Waals surface area contributed by atoms with Gasteiger partial charge in [-0.25, -0.2) is 4.39 Å². The van der Waals surface area contributed by atoms with E-state index in [0.29, 0.717) is 6.04 Å². The molecule has 0 aliphatic rings. The van der Waals surface area contributed by atoms with E-state index in [9.17, 15) is 4.39 Å². The summed E-state index contributed by atoms with van der Waals surface area (Å²) in [6, 6.07) is 11.3. The largest absolute Gasteiger partial charge is 0.311 e. The monoisotopic (exact) mass is 275 g/mol. The molecule has 1 N–H and O–H groups in total. The zero-order chi connectivity index (χ0) is 13.7. The van der Waals surface area contributed by atoms with Crippen molar-refractivity contribution >= 4 is 17.4 Å². The van der Waals surface area contributed by atoms with Gasteiger partial charge in [0.25, 0.3) is 0 Å². The molecule has 0 amide bonds. The second-order valence-electron chi connectivity index (χ2n) is 4.67. The molecule has 1 aromatic heterocycles. The highest BCUT2D eigenvalue weighted by Gasteiger charge is 2.01. The third kappa shape index (κ3) is 4.30. The van der Waals surface area contributed by atoms with Crippen LogP contribution in [0, 0.1) is 5.82 Å². The van der Waals surface area contributed by atoms with Crippen LogP contribution in [0.4, 0.5) is 4.39 Å². The van der Waals surface area contributed by atoms with Gasteiger partial charge >= 0.3 is 0 Å². The van der Waals surface area contributed by atoms with Crippen LogP contribution in [-0.4, -0.2) is 12.6 Å². The minimum absolute atomic E-state index is 0.194. The molecule has 3 heteroatoms. The number of hydrogen-bond acceptors (Lipinski definition) is 2. The number of thiophene rings is 1. The van der Waals surface area contributed by atoms with Crippen LogP contribution < -0.4 is 5.32 Å². The summed E-state index contributed by atoms with van der Waals surface area (Å²) in [5, 5.41) is 3.34. The van der Waals surface area contributed by atoms with Crippen molar-refractivity contribution in [3.05, 3.63) is 53.2 Å². The number of nitrogens with one attached hydrogen (secondary N) is 1. The Morgan fingerprint density at radius 1 is 1.16 bits per heavy atom.